The molecular weight excluding hydrogens is 218 g/mol. The Balaban J connectivity index is 2.32. The summed E-state index contributed by atoms with van der Waals surface area (Å²) in [5, 5.41) is 18.0. The molecule has 0 unspecified atom stereocenters. The molecule has 0 spiro atoms. The number of hydrogen-bond donors (Lipinski definition) is 2. The van der Waals surface area contributed by atoms with Gasteiger partial charge in [-0.05, 0) is 35.2 Å². The van der Waals surface area contributed by atoms with Gasteiger partial charge in [0.1, 0.15) is 0 Å². The maximum Gasteiger partial charge on any atom is 0.0771 e. The van der Waals surface area contributed by atoms with E-state index in [2.05, 4.69) is 36.0 Å². The van der Waals surface area contributed by atoms with Crippen molar-refractivity contribution in [1.29, 1.82) is 0 Å². The van der Waals surface area contributed by atoms with E-state index in [1.54, 1.807) is 11.3 Å². The molecule has 2 N–H and O–H groups in total. The number of thiophene rings is 1. The maximum absolute atomic E-state index is 10.4. The van der Waals surface area contributed by atoms with Gasteiger partial charge in [0, 0.05) is 13.1 Å². The molecule has 1 heterocycles. The van der Waals surface area contributed by atoms with Gasteiger partial charge in [0.25, 0.3) is 0 Å². The first-order chi connectivity index (χ1) is 7.70. The third-order valence-corrected chi connectivity index (χ3v) is 3.53. The van der Waals surface area contributed by atoms with Crippen LogP contribution in [-0.2, 0) is 6.54 Å². The van der Waals surface area contributed by atoms with E-state index in [0.29, 0.717) is 6.54 Å². The van der Waals surface area contributed by atoms with E-state index in [1.165, 1.54) is 5.56 Å². The standard InChI is InChI=1S/C13H23NOS/c1-3-6-13(15,7-4-2)11-14-9-12-5-8-16-10-12/h5,8,10,14-15H,3-4,6-7,9,11H2,1-2H3. The molecule has 1 aromatic rings. The van der Waals surface area contributed by atoms with Crippen molar-refractivity contribution in [3.63, 3.8) is 0 Å². The molecule has 0 fully saturated rings. The smallest absolute Gasteiger partial charge is 0.0771 e. The number of aliphatic hydroxyl groups is 1. The summed E-state index contributed by atoms with van der Waals surface area (Å²) >= 11 is 1.72. The molecule has 2 nitrogen and oxygen atoms in total. The van der Waals surface area contributed by atoms with Gasteiger partial charge in [0.15, 0.2) is 0 Å². The van der Waals surface area contributed by atoms with E-state index < -0.39 is 5.60 Å². The summed E-state index contributed by atoms with van der Waals surface area (Å²) in [6, 6.07) is 2.12. The first-order valence-corrected chi connectivity index (χ1v) is 7.08. The fraction of sp³-hybridized carbons (Fsp3) is 0.692. The highest BCUT2D eigenvalue weighted by molar-refractivity contribution is 7.07. The summed E-state index contributed by atoms with van der Waals surface area (Å²) in [6.45, 7) is 5.81. The molecule has 92 valence electrons. The Bertz CT molecular complexity index is 265. The number of nitrogens with one attached hydrogen (secondary N) is 1. The second kappa shape index (κ2) is 7.05. The summed E-state index contributed by atoms with van der Waals surface area (Å²) in [5.41, 5.74) is 0.792. The fourth-order valence-corrected chi connectivity index (χ4v) is 2.73. The third-order valence-electron chi connectivity index (χ3n) is 2.79. The quantitative estimate of drug-likeness (QED) is 0.732. The van der Waals surface area contributed by atoms with Crippen molar-refractivity contribution in [2.75, 3.05) is 6.54 Å². The normalized spacial score (nSPS) is 11.9. The lowest BCUT2D eigenvalue weighted by Gasteiger charge is -2.27. The zero-order valence-corrected chi connectivity index (χ0v) is 11.1. The van der Waals surface area contributed by atoms with Gasteiger partial charge >= 0.3 is 0 Å². The van der Waals surface area contributed by atoms with E-state index in [1.807, 2.05) is 0 Å². The largest absolute Gasteiger partial charge is 0.389 e. The van der Waals surface area contributed by atoms with Crippen LogP contribution in [0, 0.1) is 0 Å². The van der Waals surface area contributed by atoms with E-state index in [-0.39, 0.29) is 0 Å². The average molecular weight is 241 g/mol. The first kappa shape index (κ1) is 13.7. The van der Waals surface area contributed by atoms with E-state index in [9.17, 15) is 5.11 Å². The van der Waals surface area contributed by atoms with E-state index >= 15 is 0 Å². The molecule has 0 amide bonds. The lowest BCUT2D eigenvalue weighted by Crippen LogP contribution is -2.40. The molecule has 0 aliphatic heterocycles. The van der Waals surface area contributed by atoms with Crippen molar-refractivity contribution >= 4 is 11.3 Å². The Morgan fingerprint density at radius 1 is 1.31 bits per heavy atom. The molecule has 0 aromatic carbocycles. The van der Waals surface area contributed by atoms with Crippen LogP contribution in [0.5, 0.6) is 0 Å². The molecule has 1 aromatic heterocycles. The summed E-state index contributed by atoms with van der Waals surface area (Å²) in [7, 11) is 0. The van der Waals surface area contributed by atoms with Crippen molar-refractivity contribution in [1.82, 2.24) is 5.32 Å². The molecule has 0 atom stereocenters. The number of hydrogen-bond acceptors (Lipinski definition) is 3. The van der Waals surface area contributed by atoms with Crippen LogP contribution in [-0.4, -0.2) is 17.3 Å². The summed E-state index contributed by atoms with van der Waals surface area (Å²) in [5.74, 6) is 0. The van der Waals surface area contributed by atoms with Crippen LogP contribution in [0.2, 0.25) is 0 Å². The van der Waals surface area contributed by atoms with Crippen LogP contribution >= 0.6 is 11.3 Å². The highest BCUT2D eigenvalue weighted by atomic mass is 32.1. The summed E-state index contributed by atoms with van der Waals surface area (Å²) in [4.78, 5) is 0. The zero-order valence-electron chi connectivity index (χ0n) is 10.3. The molecule has 0 aliphatic rings. The van der Waals surface area contributed by atoms with Crippen molar-refractivity contribution in [3.05, 3.63) is 22.4 Å². The lowest BCUT2D eigenvalue weighted by molar-refractivity contribution is 0.0215. The van der Waals surface area contributed by atoms with Crippen molar-refractivity contribution in [2.24, 2.45) is 0 Å². The van der Waals surface area contributed by atoms with Gasteiger partial charge in [-0.3, -0.25) is 0 Å². The molecule has 0 saturated heterocycles. The van der Waals surface area contributed by atoms with E-state index in [4.69, 9.17) is 0 Å². The Morgan fingerprint density at radius 2 is 2.00 bits per heavy atom. The fourth-order valence-electron chi connectivity index (χ4n) is 2.07. The van der Waals surface area contributed by atoms with Gasteiger partial charge in [-0.1, -0.05) is 26.7 Å². The van der Waals surface area contributed by atoms with Crippen molar-refractivity contribution < 1.29 is 5.11 Å². The minimum atomic E-state index is -0.514. The SMILES string of the molecule is CCCC(O)(CCC)CNCc1ccsc1. The summed E-state index contributed by atoms with van der Waals surface area (Å²) in [6.07, 6.45) is 3.85. The topological polar surface area (TPSA) is 32.3 Å². The molecule has 16 heavy (non-hydrogen) atoms. The minimum Gasteiger partial charge on any atom is -0.389 e. The molecule has 0 bridgehead atoms. The second-order valence-electron chi connectivity index (χ2n) is 4.46. The van der Waals surface area contributed by atoms with Crippen LogP contribution in [0.1, 0.15) is 45.1 Å². The maximum atomic E-state index is 10.4. The van der Waals surface area contributed by atoms with Gasteiger partial charge < -0.3 is 10.4 Å². The number of rotatable bonds is 8. The average Bonchev–Trinajstić information content (AvgIpc) is 2.71. The minimum absolute atomic E-state index is 0.514. The van der Waals surface area contributed by atoms with Gasteiger partial charge in [0.05, 0.1) is 5.60 Å². The Morgan fingerprint density at radius 3 is 2.50 bits per heavy atom. The Kier molecular flexibility index (Phi) is 6.03. The van der Waals surface area contributed by atoms with Crippen LogP contribution in [0.3, 0.4) is 0 Å². The van der Waals surface area contributed by atoms with Crippen LogP contribution in [0.15, 0.2) is 16.8 Å². The predicted molar refractivity (Wildman–Crippen MR) is 70.8 cm³/mol. The van der Waals surface area contributed by atoms with Crippen molar-refractivity contribution in [3.8, 4) is 0 Å². The van der Waals surface area contributed by atoms with Gasteiger partial charge in [0.2, 0.25) is 0 Å². The molecule has 0 radical (unpaired) electrons. The zero-order chi connectivity index (χ0) is 11.9. The van der Waals surface area contributed by atoms with Gasteiger partial charge in [-0.15, -0.1) is 0 Å². The molecular formula is C13H23NOS. The van der Waals surface area contributed by atoms with E-state index in [0.717, 1.165) is 32.2 Å². The third kappa shape index (κ3) is 4.64. The monoisotopic (exact) mass is 241 g/mol. The van der Waals surface area contributed by atoms with Crippen LogP contribution in [0.4, 0.5) is 0 Å². The second-order valence-corrected chi connectivity index (χ2v) is 5.24. The Hall–Kier alpha value is -0.380. The predicted octanol–water partition coefficient (Wildman–Crippen LogP) is 3.17. The first-order valence-electron chi connectivity index (χ1n) is 6.14. The van der Waals surface area contributed by atoms with Crippen LogP contribution in [0.25, 0.3) is 0 Å². The Labute approximate surface area is 103 Å². The molecule has 1 rings (SSSR count). The molecule has 0 saturated carbocycles. The summed E-state index contributed by atoms with van der Waals surface area (Å²) < 4.78 is 0. The molecule has 3 heteroatoms. The molecule has 0 aliphatic carbocycles. The van der Waals surface area contributed by atoms with Crippen molar-refractivity contribution in [2.45, 2.75) is 51.7 Å². The van der Waals surface area contributed by atoms with Crippen LogP contribution < -0.4 is 5.32 Å². The van der Waals surface area contributed by atoms with Gasteiger partial charge in [-0.2, -0.15) is 11.3 Å². The lowest BCUT2D eigenvalue weighted by atomic mass is 9.92. The highest BCUT2D eigenvalue weighted by Crippen LogP contribution is 2.18. The highest BCUT2D eigenvalue weighted by Gasteiger charge is 2.23. The van der Waals surface area contributed by atoms with Gasteiger partial charge in [-0.25, -0.2) is 0 Å².